The van der Waals surface area contributed by atoms with E-state index in [0.717, 1.165) is 24.3 Å². The Bertz CT molecular complexity index is 494. The van der Waals surface area contributed by atoms with Crippen LogP contribution in [0.3, 0.4) is 0 Å². The van der Waals surface area contributed by atoms with E-state index in [0.29, 0.717) is 0 Å². The fraction of sp³-hybridized carbons (Fsp3) is 0.529. The van der Waals surface area contributed by atoms with Crippen molar-refractivity contribution in [2.24, 2.45) is 0 Å². The molecule has 0 atom stereocenters. The molecule has 2 nitrogen and oxygen atoms in total. The van der Waals surface area contributed by atoms with E-state index in [1.807, 2.05) is 6.07 Å². The van der Waals surface area contributed by atoms with Gasteiger partial charge in [0.15, 0.2) is 0 Å². The summed E-state index contributed by atoms with van der Waals surface area (Å²) in [6.45, 7) is 2.11. The molecule has 1 saturated carbocycles. The molecule has 1 aliphatic carbocycles. The predicted molar refractivity (Wildman–Crippen MR) is 77.8 cm³/mol. The van der Waals surface area contributed by atoms with Crippen LogP contribution in [0.15, 0.2) is 18.2 Å². The van der Waals surface area contributed by atoms with Crippen LogP contribution in [-0.2, 0) is 0 Å². The SMILES string of the molecule is COc1cc(C)c2c(c1)OC1(C=C2)CCCCCC1. The lowest BCUT2D eigenvalue weighted by Crippen LogP contribution is -2.35. The number of ether oxygens (including phenoxy) is 2. The summed E-state index contributed by atoms with van der Waals surface area (Å²) in [4.78, 5) is 0. The predicted octanol–water partition coefficient (Wildman–Crippen LogP) is 4.50. The lowest BCUT2D eigenvalue weighted by molar-refractivity contribution is 0.0995. The molecule has 0 saturated heterocycles. The molecule has 2 aliphatic rings. The molecule has 1 spiro atoms. The van der Waals surface area contributed by atoms with Gasteiger partial charge in [0.2, 0.25) is 0 Å². The van der Waals surface area contributed by atoms with Crippen molar-refractivity contribution in [1.82, 2.24) is 0 Å². The van der Waals surface area contributed by atoms with Gasteiger partial charge in [-0.1, -0.05) is 18.9 Å². The van der Waals surface area contributed by atoms with Gasteiger partial charge in [-0.05, 0) is 50.3 Å². The minimum absolute atomic E-state index is 0.0672. The van der Waals surface area contributed by atoms with Crippen LogP contribution in [0.1, 0.15) is 49.7 Å². The molecule has 102 valence electrons. The van der Waals surface area contributed by atoms with Gasteiger partial charge in [0.1, 0.15) is 17.1 Å². The van der Waals surface area contributed by atoms with Gasteiger partial charge in [-0.15, -0.1) is 0 Å². The molecule has 0 N–H and O–H groups in total. The first-order chi connectivity index (χ1) is 9.22. The summed E-state index contributed by atoms with van der Waals surface area (Å²) in [6.07, 6.45) is 12.0. The molecule has 1 heterocycles. The zero-order valence-electron chi connectivity index (χ0n) is 11.9. The smallest absolute Gasteiger partial charge is 0.131 e. The highest BCUT2D eigenvalue weighted by Gasteiger charge is 2.33. The van der Waals surface area contributed by atoms with Gasteiger partial charge in [-0.3, -0.25) is 0 Å². The van der Waals surface area contributed by atoms with Crippen molar-refractivity contribution in [3.8, 4) is 11.5 Å². The molecule has 1 aromatic carbocycles. The van der Waals surface area contributed by atoms with Gasteiger partial charge >= 0.3 is 0 Å². The molecule has 19 heavy (non-hydrogen) atoms. The first-order valence-electron chi connectivity index (χ1n) is 7.29. The third kappa shape index (κ3) is 2.36. The van der Waals surface area contributed by atoms with Crippen LogP contribution in [0.2, 0.25) is 0 Å². The highest BCUT2D eigenvalue weighted by atomic mass is 16.5. The monoisotopic (exact) mass is 258 g/mol. The van der Waals surface area contributed by atoms with E-state index in [4.69, 9.17) is 9.47 Å². The van der Waals surface area contributed by atoms with Gasteiger partial charge in [-0.2, -0.15) is 0 Å². The standard InChI is InChI=1S/C17H22O2/c1-13-11-14(18-2)12-16-15(13)7-10-17(19-16)8-5-3-4-6-9-17/h7,10-12H,3-6,8-9H2,1-2H3. The van der Waals surface area contributed by atoms with Crippen LogP contribution in [0.4, 0.5) is 0 Å². The normalized spacial score (nSPS) is 20.5. The fourth-order valence-corrected chi connectivity index (χ4v) is 3.23. The molecule has 2 heteroatoms. The quantitative estimate of drug-likeness (QED) is 0.738. The number of benzene rings is 1. The van der Waals surface area contributed by atoms with Crippen LogP contribution in [0, 0.1) is 6.92 Å². The number of rotatable bonds is 1. The molecular formula is C17H22O2. The van der Waals surface area contributed by atoms with Crippen LogP contribution in [0.5, 0.6) is 11.5 Å². The average Bonchev–Trinajstić information content (AvgIpc) is 2.64. The van der Waals surface area contributed by atoms with Crippen molar-refractivity contribution >= 4 is 6.08 Å². The van der Waals surface area contributed by atoms with Crippen LogP contribution >= 0.6 is 0 Å². The van der Waals surface area contributed by atoms with E-state index in [2.05, 4.69) is 25.1 Å². The summed E-state index contributed by atoms with van der Waals surface area (Å²) in [5.41, 5.74) is 2.35. The van der Waals surface area contributed by atoms with E-state index in [9.17, 15) is 0 Å². The van der Waals surface area contributed by atoms with Crippen molar-refractivity contribution in [3.05, 3.63) is 29.3 Å². The molecule has 1 fully saturated rings. The average molecular weight is 258 g/mol. The fourth-order valence-electron chi connectivity index (χ4n) is 3.23. The van der Waals surface area contributed by atoms with Crippen LogP contribution < -0.4 is 9.47 Å². The topological polar surface area (TPSA) is 18.5 Å². The first-order valence-corrected chi connectivity index (χ1v) is 7.29. The summed E-state index contributed by atoms with van der Waals surface area (Å²) < 4.78 is 11.8. The van der Waals surface area contributed by atoms with Crippen LogP contribution in [0.25, 0.3) is 6.08 Å². The molecule has 1 aliphatic heterocycles. The maximum atomic E-state index is 6.40. The Morgan fingerprint density at radius 1 is 1.11 bits per heavy atom. The second kappa shape index (κ2) is 4.92. The lowest BCUT2D eigenvalue weighted by Gasteiger charge is -2.35. The zero-order valence-corrected chi connectivity index (χ0v) is 11.9. The van der Waals surface area contributed by atoms with Crippen molar-refractivity contribution in [3.63, 3.8) is 0 Å². The summed E-state index contributed by atoms with van der Waals surface area (Å²) in [5.74, 6) is 1.87. The number of methoxy groups -OCH3 is 1. The van der Waals surface area contributed by atoms with Gasteiger partial charge in [0.25, 0.3) is 0 Å². The minimum Gasteiger partial charge on any atom is -0.497 e. The summed E-state index contributed by atoms with van der Waals surface area (Å²) in [5, 5.41) is 0. The van der Waals surface area contributed by atoms with Gasteiger partial charge in [0, 0.05) is 11.6 Å². The molecule has 0 radical (unpaired) electrons. The summed E-state index contributed by atoms with van der Waals surface area (Å²) in [6, 6.07) is 4.09. The molecule has 1 aromatic rings. The Kier molecular flexibility index (Phi) is 3.26. The Labute approximate surface area is 115 Å². The third-order valence-corrected chi connectivity index (χ3v) is 4.37. The van der Waals surface area contributed by atoms with E-state index in [-0.39, 0.29) is 5.60 Å². The molecular weight excluding hydrogens is 236 g/mol. The van der Waals surface area contributed by atoms with Crippen molar-refractivity contribution in [2.75, 3.05) is 7.11 Å². The third-order valence-electron chi connectivity index (χ3n) is 4.37. The van der Waals surface area contributed by atoms with E-state index in [1.165, 1.54) is 36.8 Å². The Hall–Kier alpha value is -1.44. The molecule has 0 aromatic heterocycles. The maximum absolute atomic E-state index is 6.40. The number of aryl methyl sites for hydroxylation is 1. The highest BCUT2D eigenvalue weighted by Crippen LogP contribution is 2.41. The van der Waals surface area contributed by atoms with Crippen molar-refractivity contribution in [2.45, 2.75) is 51.0 Å². The van der Waals surface area contributed by atoms with Crippen molar-refractivity contribution in [1.29, 1.82) is 0 Å². The Morgan fingerprint density at radius 3 is 2.53 bits per heavy atom. The number of fused-ring (bicyclic) bond motifs is 1. The van der Waals surface area contributed by atoms with E-state index in [1.54, 1.807) is 7.11 Å². The Balaban J connectivity index is 1.96. The van der Waals surface area contributed by atoms with E-state index < -0.39 is 0 Å². The largest absolute Gasteiger partial charge is 0.497 e. The lowest BCUT2D eigenvalue weighted by atomic mass is 9.89. The molecule has 0 unspecified atom stereocenters. The summed E-state index contributed by atoms with van der Waals surface area (Å²) >= 11 is 0. The molecule has 0 amide bonds. The van der Waals surface area contributed by atoms with Gasteiger partial charge < -0.3 is 9.47 Å². The molecule has 3 rings (SSSR count). The van der Waals surface area contributed by atoms with Gasteiger partial charge in [0.05, 0.1) is 7.11 Å². The highest BCUT2D eigenvalue weighted by molar-refractivity contribution is 5.66. The Morgan fingerprint density at radius 2 is 1.84 bits per heavy atom. The van der Waals surface area contributed by atoms with E-state index >= 15 is 0 Å². The minimum atomic E-state index is -0.0672. The zero-order chi connectivity index (χ0) is 13.3. The van der Waals surface area contributed by atoms with Gasteiger partial charge in [-0.25, -0.2) is 0 Å². The second-order valence-corrected chi connectivity index (χ2v) is 5.77. The second-order valence-electron chi connectivity index (χ2n) is 5.77. The van der Waals surface area contributed by atoms with Crippen LogP contribution in [-0.4, -0.2) is 12.7 Å². The molecule has 0 bridgehead atoms. The maximum Gasteiger partial charge on any atom is 0.131 e. The number of hydrogen-bond donors (Lipinski definition) is 0. The summed E-state index contributed by atoms with van der Waals surface area (Å²) in [7, 11) is 1.71. The number of hydrogen-bond acceptors (Lipinski definition) is 2. The first kappa shape index (κ1) is 12.6. The van der Waals surface area contributed by atoms with Crippen molar-refractivity contribution < 1.29 is 9.47 Å².